The molecule has 0 bridgehead atoms. The Hall–Kier alpha value is -1.26. The van der Waals surface area contributed by atoms with Crippen LogP contribution in [0.2, 0.25) is 5.02 Å². The Bertz CT molecular complexity index is 522. The van der Waals surface area contributed by atoms with Crippen molar-refractivity contribution in [3.63, 3.8) is 0 Å². The van der Waals surface area contributed by atoms with Crippen LogP contribution in [0.1, 0.15) is 24.8 Å². The highest BCUT2D eigenvalue weighted by Crippen LogP contribution is 2.48. The first-order valence-corrected chi connectivity index (χ1v) is 7.37. The fourth-order valence-electron chi connectivity index (χ4n) is 3.10. The van der Waals surface area contributed by atoms with E-state index in [0.29, 0.717) is 31.1 Å². The lowest BCUT2D eigenvalue weighted by atomic mass is 9.64. The van der Waals surface area contributed by atoms with Crippen LogP contribution in [0.5, 0.6) is 0 Å². The van der Waals surface area contributed by atoms with Crippen molar-refractivity contribution in [3.05, 3.63) is 28.8 Å². The van der Waals surface area contributed by atoms with Crippen LogP contribution in [-0.4, -0.2) is 37.4 Å². The molecule has 1 aromatic rings. The van der Waals surface area contributed by atoms with Gasteiger partial charge in [0.05, 0.1) is 18.6 Å². The van der Waals surface area contributed by atoms with Gasteiger partial charge in [0.25, 0.3) is 0 Å². The Labute approximate surface area is 123 Å². The summed E-state index contributed by atoms with van der Waals surface area (Å²) in [5, 5.41) is 10.3. The van der Waals surface area contributed by atoms with Gasteiger partial charge in [-0.25, -0.2) is 0 Å². The van der Waals surface area contributed by atoms with E-state index >= 15 is 0 Å². The third-order valence-corrected chi connectivity index (χ3v) is 4.68. The van der Waals surface area contributed by atoms with Crippen LogP contribution in [0.3, 0.4) is 0 Å². The van der Waals surface area contributed by atoms with Crippen LogP contribution in [0.15, 0.2) is 18.2 Å². The second kappa shape index (κ2) is 5.26. The number of rotatable bonds is 3. The topological polar surface area (TPSA) is 49.8 Å². The Morgan fingerprint density at radius 3 is 2.55 bits per heavy atom. The lowest BCUT2D eigenvalue weighted by Crippen LogP contribution is -2.45. The van der Waals surface area contributed by atoms with E-state index in [9.17, 15) is 9.90 Å². The van der Waals surface area contributed by atoms with Crippen molar-refractivity contribution in [1.29, 1.82) is 0 Å². The largest absolute Gasteiger partial charge is 0.481 e. The summed E-state index contributed by atoms with van der Waals surface area (Å²) in [7, 11) is 0. The van der Waals surface area contributed by atoms with Gasteiger partial charge in [0, 0.05) is 23.8 Å². The highest BCUT2D eigenvalue weighted by Gasteiger charge is 2.47. The number of carbonyl (C=O) groups is 1. The Balaban J connectivity index is 2.04. The molecule has 1 aromatic carbocycles. The molecule has 2 fully saturated rings. The monoisotopic (exact) mass is 295 g/mol. The molecule has 3 rings (SSSR count). The summed E-state index contributed by atoms with van der Waals surface area (Å²) in [6.07, 6.45) is 2.35. The van der Waals surface area contributed by atoms with Crippen LogP contribution in [0.4, 0.5) is 5.69 Å². The molecule has 0 spiro atoms. The first-order chi connectivity index (χ1) is 9.63. The quantitative estimate of drug-likeness (QED) is 0.931. The summed E-state index contributed by atoms with van der Waals surface area (Å²) in [6.45, 7) is 2.96. The minimum atomic E-state index is -0.751. The molecule has 0 unspecified atom stereocenters. The number of benzene rings is 1. The molecule has 1 aliphatic heterocycles. The number of morpholine rings is 1. The van der Waals surface area contributed by atoms with Crippen molar-refractivity contribution in [2.45, 2.75) is 24.7 Å². The van der Waals surface area contributed by atoms with Gasteiger partial charge in [0.2, 0.25) is 0 Å². The molecule has 20 heavy (non-hydrogen) atoms. The molecule has 108 valence electrons. The molecule has 1 N–H and O–H groups in total. The Morgan fingerprint density at radius 1 is 1.30 bits per heavy atom. The molecule has 4 nitrogen and oxygen atoms in total. The predicted octanol–water partition coefficient (Wildman–Crippen LogP) is 2.68. The van der Waals surface area contributed by atoms with Crippen LogP contribution in [0, 0.1) is 0 Å². The number of anilines is 1. The third-order valence-electron chi connectivity index (χ3n) is 4.44. The van der Waals surface area contributed by atoms with Gasteiger partial charge in [-0.3, -0.25) is 4.79 Å². The molecule has 1 heterocycles. The lowest BCUT2D eigenvalue weighted by molar-refractivity contribution is -0.147. The third kappa shape index (κ3) is 2.17. The zero-order valence-electron chi connectivity index (χ0n) is 11.3. The molecule has 1 saturated heterocycles. The van der Waals surface area contributed by atoms with E-state index in [-0.39, 0.29) is 0 Å². The highest BCUT2D eigenvalue weighted by atomic mass is 35.5. The molecule has 0 radical (unpaired) electrons. The van der Waals surface area contributed by atoms with Gasteiger partial charge >= 0.3 is 5.97 Å². The second-order valence-corrected chi connectivity index (χ2v) is 5.94. The second-order valence-electron chi connectivity index (χ2n) is 5.50. The Morgan fingerprint density at radius 2 is 2.00 bits per heavy atom. The number of hydrogen-bond donors (Lipinski definition) is 1. The molecular formula is C15H18ClNO3. The SMILES string of the molecule is O=C(O)C1(c2cc(Cl)ccc2N2CCOCC2)CCC1. The van der Waals surface area contributed by atoms with Gasteiger partial charge in [-0.2, -0.15) is 0 Å². The smallest absolute Gasteiger partial charge is 0.314 e. The maximum Gasteiger partial charge on any atom is 0.314 e. The van der Waals surface area contributed by atoms with Crippen LogP contribution in [-0.2, 0) is 14.9 Å². The van der Waals surface area contributed by atoms with E-state index in [4.69, 9.17) is 16.3 Å². The van der Waals surface area contributed by atoms with Gasteiger partial charge in [-0.15, -0.1) is 0 Å². The lowest BCUT2D eigenvalue weighted by Gasteiger charge is -2.42. The summed E-state index contributed by atoms with van der Waals surface area (Å²) >= 11 is 6.11. The first-order valence-electron chi connectivity index (χ1n) is 7.00. The van der Waals surface area contributed by atoms with Gasteiger partial charge in [-0.05, 0) is 36.6 Å². The van der Waals surface area contributed by atoms with Crippen molar-refractivity contribution >= 4 is 23.3 Å². The van der Waals surface area contributed by atoms with E-state index in [0.717, 1.165) is 30.8 Å². The average molecular weight is 296 g/mol. The summed E-state index contributed by atoms with van der Waals surface area (Å²) in [6, 6.07) is 5.62. The fourth-order valence-corrected chi connectivity index (χ4v) is 3.27. The zero-order valence-corrected chi connectivity index (χ0v) is 12.0. The maximum atomic E-state index is 11.8. The van der Waals surface area contributed by atoms with E-state index in [1.54, 1.807) is 0 Å². The van der Waals surface area contributed by atoms with Gasteiger partial charge in [0.15, 0.2) is 0 Å². The predicted molar refractivity (Wildman–Crippen MR) is 77.6 cm³/mol. The minimum Gasteiger partial charge on any atom is -0.481 e. The summed E-state index contributed by atoms with van der Waals surface area (Å²) in [5.74, 6) is -0.736. The molecule has 5 heteroatoms. The number of carboxylic acid groups (broad SMARTS) is 1. The van der Waals surface area contributed by atoms with E-state index in [2.05, 4.69) is 4.90 Å². The number of ether oxygens (including phenoxy) is 1. The van der Waals surface area contributed by atoms with Crippen molar-refractivity contribution in [2.24, 2.45) is 0 Å². The Kier molecular flexibility index (Phi) is 3.61. The molecule has 2 aliphatic rings. The standard InChI is InChI=1S/C15H18ClNO3/c16-11-2-3-13(17-6-8-20-9-7-17)12(10-11)15(14(18)19)4-1-5-15/h2-3,10H,1,4-9H2,(H,18,19). The average Bonchev–Trinajstić information content (AvgIpc) is 2.38. The van der Waals surface area contributed by atoms with Crippen LogP contribution >= 0.6 is 11.6 Å². The van der Waals surface area contributed by atoms with Crippen molar-refractivity contribution in [3.8, 4) is 0 Å². The molecule has 1 saturated carbocycles. The van der Waals surface area contributed by atoms with Gasteiger partial charge in [-0.1, -0.05) is 18.0 Å². The van der Waals surface area contributed by atoms with Crippen molar-refractivity contribution in [1.82, 2.24) is 0 Å². The molecule has 0 aromatic heterocycles. The maximum absolute atomic E-state index is 11.8. The van der Waals surface area contributed by atoms with Crippen LogP contribution < -0.4 is 4.90 Å². The normalized spacial score (nSPS) is 21.4. The van der Waals surface area contributed by atoms with Gasteiger partial charge < -0.3 is 14.7 Å². The van der Waals surface area contributed by atoms with E-state index in [1.165, 1.54) is 0 Å². The molecular weight excluding hydrogens is 278 g/mol. The fraction of sp³-hybridized carbons (Fsp3) is 0.533. The molecule has 1 aliphatic carbocycles. The summed E-state index contributed by atoms with van der Waals surface area (Å²) in [4.78, 5) is 14.0. The highest BCUT2D eigenvalue weighted by molar-refractivity contribution is 6.30. The van der Waals surface area contributed by atoms with E-state index in [1.807, 2.05) is 18.2 Å². The number of nitrogens with zero attached hydrogens (tertiary/aromatic N) is 1. The number of aliphatic carboxylic acids is 1. The zero-order chi connectivity index (χ0) is 14.2. The van der Waals surface area contributed by atoms with Crippen molar-refractivity contribution < 1.29 is 14.6 Å². The summed E-state index contributed by atoms with van der Waals surface area (Å²) in [5.41, 5.74) is 1.11. The number of halogens is 1. The number of hydrogen-bond acceptors (Lipinski definition) is 3. The van der Waals surface area contributed by atoms with Gasteiger partial charge in [0.1, 0.15) is 0 Å². The van der Waals surface area contributed by atoms with Crippen LogP contribution in [0.25, 0.3) is 0 Å². The number of carboxylic acids is 1. The minimum absolute atomic E-state index is 0.601. The van der Waals surface area contributed by atoms with E-state index < -0.39 is 11.4 Å². The molecule has 0 amide bonds. The van der Waals surface area contributed by atoms with Crippen molar-refractivity contribution in [2.75, 3.05) is 31.2 Å². The first kappa shape index (κ1) is 13.7. The summed E-state index contributed by atoms with van der Waals surface area (Å²) < 4.78 is 5.37. The molecule has 0 atom stereocenters.